The standard InChI is InChI=1S/C19H22N4O/c1-12(2)8-18-19(24)23-16-9-14(20)15(10-17(16)22-18)21-11-13-6-4-3-5-7-13/h3-7,9-10,12,21H,8,11,20H2,1-2H3,(H,23,24). The highest BCUT2D eigenvalue weighted by atomic mass is 16.1. The third kappa shape index (κ3) is 3.56. The molecule has 5 heteroatoms. The number of nitrogens with zero attached hydrogens (tertiary/aromatic N) is 1. The summed E-state index contributed by atoms with van der Waals surface area (Å²) in [7, 11) is 0. The Morgan fingerprint density at radius 1 is 1.21 bits per heavy atom. The van der Waals surface area contributed by atoms with Crippen LogP contribution in [0.25, 0.3) is 11.0 Å². The topological polar surface area (TPSA) is 83.8 Å². The normalized spacial score (nSPS) is 11.1. The zero-order valence-electron chi connectivity index (χ0n) is 14.0. The Labute approximate surface area is 140 Å². The van der Waals surface area contributed by atoms with E-state index in [1.54, 1.807) is 6.07 Å². The molecule has 0 fully saturated rings. The molecular weight excluding hydrogens is 300 g/mol. The van der Waals surface area contributed by atoms with Crippen molar-refractivity contribution in [1.29, 1.82) is 0 Å². The molecule has 0 aliphatic heterocycles. The minimum Gasteiger partial charge on any atom is -0.397 e. The van der Waals surface area contributed by atoms with Crippen LogP contribution in [0.5, 0.6) is 0 Å². The summed E-state index contributed by atoms with van der Waals surface area (Å²) in [4.78, 5) is 19.5. The van der Waals surface area contributed by atoms with E-state index in [4.69, 9.17) is 5.73 Å². The number of anilines is 2. The molecule has 5 nitrogen and oxygen atoms in total. The Morgan fingerprint density at radius 3 is 2.67 bits per heavy atom. The van der Waals surface area contributed by atoms with Gasteiger partial charge in [-0.2, -0.15) is 0 Å². The van der Waals surface area contributed by atoms with E-state index in [2.05, 4.69) is 41.3 Å². The highest BCUT2D eigenvalue weighted by Gasteiger charge is 2.09. The van der Waals surface area contributed by atoms with Crippen LogP contribution in [0, 0.1) is 5.92 Å². The third-order valence-corrected chi connectivity index (χ3v) is 3.86. The van der Waals surface area contributed by atoms with Gasteiger partial charge in [0.1, 0.15) is 5.69 Å². The predicted molar refractivity (Wildman–Crippen MR) is 99.1 cm³/mol. The zero-order chi connectivity index (χ0) is 17.1. The van der Waals surface area contributed by atoms with E-state index in [1.165, 1.54) is 5.56 Å². The van der Waals surface area contributed by atoms with Crippen molar-refractivity contribution in [3.63, 3.8) is 0 Å². The molecule has 1 heterocycles. The first kappa shape index (κ1) is 16.1. The maximum Gasteiger partial charge on any atom is 0.270 e. The van der Waals surface area contributed by atoms with Crippen LogP contribution in [-0.4, -0.2) is 9.97 Å². The van der Waals surface area contributed by atoms with Gasteiger partial charge in [0, 0.05) is 6.54 Å². The zero-order valence-corrected chi connectivity index (χ0v) is 14.0. The number of nitrogen functional groups attached to an aromatic ring is 1. The van der Waals surface area contributed by atoms with E-state index < -0.39 is 0 Å². The lowest BCUT2D eigenvalue weighted by Gasteiger charge is -2.11. The molecule has 3 rings (SSSR count). The summed E-state index contributed by atoms with van der Waals surface area (Å²) in [6, 6.07) is 13.8. The lowest BCUT2D eigenvalue weighted by molar-refractivity contribution is 0.631. The second kappa shape index (κ2) is 6.74. The Bertz CT molecular complexity index is 900. The van der Waals surface area contributed by atoms with Gasteiger partial charge in [-0.15, -0.1) is 0 Å². The lowest BCUT2D eigenvalue weighted by atomic mass is 10.1. The van der Waals surface area contributed by atoms with Crippen LogP contribution < -0.4 is 16.6 Å². The van der Waals surface area contributed by atoms with Gasteiger partial charge < -0.3 is 16.0 Å². The summed E-state index contributed by atoms with van der Waals surface area (Å²) in [6.45, 7) is 4.82. The fraction of sp³-hybridized carbons (Fsp3) is 0.263. The van der Waals surface area contributed by atoms with E-state index in [0.717, 1.165) is 11.2 Å². The maximum absolute atomic E-state index is 12.1. The van der Waals surface area contributed by atoms with Gasteiger partial charge in [-0.25, -0.2) is 4.98 Å². The molecule has 4 N–H and O–H groups in total. The Kier molecular flexibility index (Phi) is 4.51. The van der Waals surface area contributed by atoms with Crippen molar-refractivity contribution >= 4 is 22.4 Å². The van der Waals surface area contributed by atoms with E-state index >= 15 is 0 Å². The van der Waals surface area contributed by atoms with Gasteiger partial charge in [-0.3, -0.25) is 4.79 Å². The van der Waals surface area contributed by atoms with E-state index in [0.29, 0.717) is 35.8 Å². The average molecular weight is 322 g/mol. The minimum absolute atomic E-state index is 0.138. The number of fused-ring (bicyclic) bond motifs is 1. The Hall–Kier alpha value is -2.82. The highest BCUT2D eigenvalue weighted by molar-refractivity contribution is 5.86. The van der Waals surface area contributed by atoms with Gasteiger partial charge >= 0.3 is 0 Å². The van der Waals surface area contributed by atoms with Gasteiger partial charge in [0.25, 0.3) is 5.56 Å². The molecular formula is C19H22N4O. The van der Waals surface area contributed by atoms with Crippen molar-refractivity contribution in [3.05, 3.63) is 64.1 Å². The van der Waals surface area contributed by atoms with Crippen molar-refractivity contribution in [2.24, 2.45) is 5.92 Å². The van der Waals surface area contributed by atoms with E-state index in [1.807, 2.05) is 24.3 Å². The molecule has 1 aromatic heterocycles. The lowest BCUT2D eigenvalue weighted by Crippen LogP contribution is -2.17. The van der Waals surface area contributed by atoms with E-state index in [-0.39, 0.29) is 5.56 Å². The SMILES string of the molecule is CC(C)Cc1nc2cc(NCc3ccccc3)c(N)cc2[nH]c1=O. The molecule has 0 aliphatic rings. The number of benzene rings is 2. The van der Waals surface area contributed by atoms with Crippen molar-refractivity contribution in [2.45, 2.75) is 26.8 Å². The van der Waals surface area contributed by atoms with Crippen LogP contribution in [0.2, 0.25) is 0 Å². The average Bonchev–Trinajstić information content (AvgIpc) is 2.55. The van der Waals surface area contributed by atoms with Crippen LogP contribution in [0.4, 0.5) is 11.4 Å². The summed E-state index contributed by atoms with van der Waals surface area (Å²) in [6.07, 6.45) is 0.655. The summed E-state index contributed by atoms with van der Waals surface area (Å²) in [5, 5.41) is 3.34. The smallest absolute Gasteiger partial charge is 0.270 e. The molecule has 0 saturated heterocycles. The fourth-order valence-corrected chi connectivity index (χ4v) is 2.66. The highest BCUT2D eigenvalue weighted by Crippen LogP contribution is 2.24. The van der Waals surface area contributed by atoms with Gasteiger partial charge in [-0.05, 0) is 30.0 Å². The second-order valence-corrected chi connectivity index (χ2v) is 6.41. The first-order valence-electron chi connectivity index (χ1n) is 8.13. The van der Waals surface area contributed by atoms with Crippen LogP contribution in [0.3, 0.4) is 0 Å². The van der Waals surface area contributed by atoms with Gasteiger partial charge in [-0.1, -0.05) is 44.2 Å². The number of aromatic nitrogens is 2. The first-order valence-corrected chi connectivity index (χ1v) is 8.13. The fourth-order valence-electron chi connectivity index (χ4n) is 2.66. The third-order valence-electron chi connectivity index (χ3n) is 3.86. The minimum atomic E-state index is -0.138. The summed E-state index contributed by atoms with van der Waals surface area (Å²) in [5.74, 6) is 0.375. The summed E-state index contributed by atoms with van der Waals surface area (Å²) in [5.41, 5.74) is 10.5. The number of hydrogen-bond acceptors (Lipinski definition) is 4. The molecule has 0 amide bonds. The Morgan fingerprint density at radius 2 is 1.96 bits per heavy atom. The molecule has 124 valence electrons. The number of rotatable bonds is 5. The van der Waals surface area contributed by atoms with Crippen molar-refractivity contribution in [3.8, 4) is 0 Å². The van der Waals surface area contributed by atoms with Crippen LogP contribution in [-0.2, 0) is 13.0 Å². The molecule has 0 spiro atoms. The quantitative estimate of drug-likeness (QED) is 0.629. The van der Waals surface area contributed by atoms with Crippen molar-refractivity contribution in [1.82, 2.24) is 9.97 Å². The monoisotopic (exact) mass is 322 g/mol. The maximum atomic E-state index is 12.1. The number of hydrogen-bond donors (Lipinski definition) is 3. The van der Waals surface area contributed by atoms with Gasteiger partial charge in [0.05, 0.1) is 22.4 Å². The predicted octanol–water partition coefficient (Wildman–Crippen LogP) is 3.32. The molecule has 0 saturated carbocycles. The molecule has 0 aliphatic carbocycles. The van der Waals surface area contributed by atoms with E-state index in [9.17, 15) is 4.79 Å². The number of H-pyrrole nitrogens is 1. The molecule has 0 bridgehead atoms. The number of nitrogens with one attached hydrogen (secondary N) is 2. The van der Waals surface area contributed by atoms with Crippen molar-refractivity contribution < 1.29 is 0 Å². The molecule has 24 heavy (non-hydrogen) atoms. The largest absolute Gasteiger partial charge is 0.397 e. The van der Waals surface area contributed by atoms with Crippen molar-refractivity contribution in [2.75, 3.05) is 11.1 Å². The molecule has 0 atom stereocenters. The van der Waals surface area contributed by atoms with Gasteiger partial charge in [0.15, 0.2) is 0 Å². The summed E-state index contributed by atoms with van der Waals surface area (Å²) >= 11 is 0. The first-order chi connectivity index (χ1) is 11.5. The molecule has 0 radical (unpaired) electrons. The van der Waals surface area contributed by atoms with Gasteiger partial charge in [0.2, 0.25) is 0 Å². The van der Waals surface area contributed by atoms with Crippen LogP contribution >= 0.6 is 0 Å². The second-order valence-electron chi connectivity index (χ2n) is 6.41. The van der Waals surface area contributed by atoms with Crippen LogP contribution in [0.15, 0.2) is 47.3 Å². The number of aromatic amines is 1. The molecule has 0 unspecified atom stereocenters. The Balaban J connectivity index is 1.92. The molecule has 3 aromatic rings. The van der Waals surface area contributed by atoms with Crippen LogP contribution in [0.1, 0.15) is 25.1 Å². The number of nitrogens with two attached hydrogens (primary N) is 1. The summed E-state index contributed by atoms with van der Waals surface area (Å²) < 4.78 is 0. The molecule has 2 aromatic carbocycles.